The van der Waals surface area contributed by atoms with E-state index in [0.717, 1.165) is 11.1 Å². The van der Waals surface area contributed by atoms with Gasteiger partial charge in [0.25, 0.3) is 0 Å². The van der Waals surface area contributed by atoms with Gasteiger partial charge < -0.3 is 4.74 Å². The maximum atomic E-state index is 12.1. The Morgan fingerprint density at radius 2 is 2.00 bits per heavy atom. The number of esters is 1. The van der Waals surface area contributed by atoms with Crippen molar-refractivity contribution in [2.24, 2.45) is 5.92 Å². The molecule has 3 nitrogen and oxygen atoms in total. The highest BCUT2D eigenvalue weighted by molar-refractivity contribution is 5.82. The lowest BCUT2D eigenvalue weighted by Crippen LogP contribution is -2.19. The zero-order valence-corrected chi connectivity index (χ0v) is 11.9. The molecule has 0 N–H and O–H groups in total. The summed E-state index contributed by atoms with van der Waals surface area (Å²) < 4.78 is 4.98. The molecular weight excluding hydrogens is 262 g/mol. The number of nitrogens with zero attached hydrogens (tertiary/aromatic N) is 1. The largest absolute Gasteiger partial charge is 0.469 e. The molecule has 0 amide bonds. The van der Waals surface area contributed by atoms with E-state index < -0.39 is 0 Å². The number of rotatable bonds is 3. The number of pyridine rings is 1. The number of aromatic nitrogens is 1. The van der Waals surface area contributed by atoms with E-state index in [1.54, 1.807) is 6.20 Å². The monoisotopic (exact) mass is 279 g/mol. The average Bonchev–Trinajstić information content (AvgIpc) is 3.01. The van der Waals surface area contributed by atoms with Crippen molar-refractivity contribution in [3.05, 3.63) is 72.1 Å². The van der Waals surface area contributed by atoms with E-state index in [-0.39, 0.29) is 17.8 Å². The standard InChI is InChI=1S/C18H17NO2/c1-21-18(20)17-11-15(13-6-3-2-4-7-13)10-16(17)14-8-5-9-19-12-14/h2-10,12,16-17H,11H2,1H3/t16-,17-/m1/s1. The van der Waals surface area contributed by atoms with E-state index in [4.69, 9.17) is 4.74 Å². The number of hydrogen-bond donors (Lipinski definition) is 0. The van der Waals surface area contributed by atoms with Gasteiger partial charge in [-0.05, 0) is 29.2 Å². The predicted octanol–water partition coefficient (Wildman–Crippen LogP) is 3.44. The molecule has 0 spiro atoms. The molecule has 0 radical (unpaired) electrons. The van der Waals surface area contributed by atoms with Crippen molar-refractivity contribution >= 4 is 11.5 Å². The van der Waals surface area contributed by atoms with Crippen LogP contribution in [0.1, 0.15) is 23.5 Å². The highest BCUT2D eigenvalue weighted by atomic mass is 16.5. The third-order valence-corrected chi connectivity index (χ3v) is 3.97. The van der Waals surface area contributed by atoms with Crippen molar-refractivity contribution in [2.75, 3.05) is 7.11 Å². The molecule has 1 heterocycles. The first-order valence-electron chi connectivity index (χ1n) is 7.03. The van der Waals surface area contributed by atoms with Gasteiger partial charge in [0.1, 0.15) is 0 Å². The highest BCUT2D eigenvalue weighted by Crippen LogP contribution is 2.42. The van der Waals surface area contributed by atoms with Crippen molar-refractivity contribution in [1.29, 1.82) is 0 Å². The van der Waals surface area contributed by atoms with Crippen LogP contribution < -0.4 is 0 Å². The number of carbonyl (C=O) groups excluding carboxylic acids is 1. The predicted molar refractivity (Wildman–Crippen MR) is 81.5 cm³/mol. The Labute approximate surface area is 124 Å². The zero-order chi connectivity index (χ0) is 14.7. The van der Waals surface area contributed by atoms with Crippen LogP contribution in [-0.2, 0) is 9.53 Å². The first kappa shape index (κ1) is 13.6. The lowest BCUT2D eigenvalue weighted by Gasteiger charge is -2.16. The molecule has 1 aliphatic rings. The topological polar surface area (TPSA) is 39.2 Å². The minimum atomic E-state index is -0.172. The SMILES string of the molecule is COC(=O)[C@@H]1CC(c2ccccc2)=C[C@@H]1c1cccnc1. The van der Waals surface area contributed by atoms with Crippen molar-refractivity contribution in [2.45, 2.75) is 12.3 Å². The van der Waals surface area contributed by atoms with Crippen LogP contribution in [0, 0.1) is 5.92 Å². The van der Waals surface area contributed by atoms with E-state index in [1.807, 2.05) is 36.5 Å². The maximum Gasteiger partial charge on any atom is 0.309 e. The van der Waals surface area contributed by atoms with Gasteiger partial charge in [0.2, 0.25) is 0 Å². The Morgan fingerprint density at radius 1 is 1.19 bits per heavy atom. The van der Waals surface area contributed by atoms with E-state index >= 15 is 0 Å². The lowest BCUT2D eigenvalue weighted by atomic mass is 9.89. The van der Waals surface area contributed by atoms with Crippen LogP contribution in [0.15, 0.2) is 60.9 Å². The summed E-state index contributed by atoms with van der Waals surface area (Å²) in [5, 5.41) is 0. The molecule has 0 bridgehead atoms. The number of carbonyl (C=O) groups is 1. The Hall–Kier alpha value is -2.42. The van der Waals surface area contributed by atoms with E-state index in [0.29, 0.717) is 6.42 Å². The fourth-order valence-electron chi connectivity index (χ4n) is 2.91. The lowest BCUT2D eigenvalue weighted by molar-refractivity contribution is -0.145. The molecule has 0 saturated carbocycles. The zero-order valence-electron chi connectivity index (χ0n) is 11.9. The molecular formula is C18H17NO2. The summed E-state index contributed by atoms with van der Waals surface area (Å²) in [5.74, 6) is -0.304. The second kappa shape index (κ2) is 5.92. The van der Waals surface area contributed by atoms with Gasteiger partial charge >= 0.3 is 5.97 Å². The molecule has 21 heavy (non-hydrogen) atoms. The van der Waals surface area contributed by atoms with Crippen molar-refractivity contribution < 1.29 is 9.53 Å². The summed E-state index contributed by atoms with van der Waals surface area (Å²) >= 11 is 0. The summed E-state index contributed by atoms with van der Waals surface area (Å²) in [5.41, 5.74) is 3.41. The second-order valence-corrected chi connectivity index (χ2v) is 5.20. The number of ether oxygens (including phenoxy) is 1. The van der Waals surface area contributed by atoms with Gasteiger partial charge in [0.15, 0.2) is 0 Å². The summed E-state index contributed by atoms with van der Waals surface area (Å²) in [6, 6.07) is 14.1. The average molecular weight is 279 g/mol. The Morgan fingerprint density at radius 3 is 2.67 bits per heavy atom. The van der Waals surface area contributed by atoms with Crippen LogP contribution in [0.4, 0.5) is 0 Å². The van der Waals surface area contributed by atoms with Crippen molar-refractivity contribution in [3.63, 3.8) is 0 Å². The summed E-state index contributed by atoms with van der Waals surface area (Å²) in [7, 11) is 1.45. The van der Waals surface area contributed by atoms with Gasteiger partial charge in [0, 0.05) is 18.3 Å². The van der Waals surface area contributed by atoms with Crippen LogP contribution in [-0.4, -0.2) is 18.1 Å². The molecule has 0 unspecified atom stereocenters. The summed E-state index contributed by atoms with van der Waals surface area (Å²) in [6.07, 6.45) is 6.45. The quantitative estimate of drug-likeness (QED) is 0.808. The molecule has 1 aromatic heterocycles. The van der Waals surface area contributed by atoms with Crippen LogP contribution in [0.25, 0.3) is 5.57 Å². The van der Waals surface area contributed by atoms with E-state index in [1.165, 1.54) is 12.7 Å². The molecule has 0 fully saturated rings. The third kappa shape index (κ3) is 2.72. The highest BCUT2D eigenvalue weighted by Gasteiger charge is 2.35. The van der Waals surface area contributed by atoms with Crippen LogP contribution in [0.3, 0.4) is 0 Å². The second-order valence-electron chi connectivity index (χ2n) is 5.20. The van der Waals surface area contributed by atoms with Crippen molar-refractivity contribution in [3.8, 4) is 0 Å². The van der Waals surface area contributed by atoms with Gasteiger partial charge in [-0.1, -0.05) is 42.5 Å². The molecule has 106 valence electrons. The molecule has 1 aromatic carbocycles. The van der Waals surface area contributed by atoms with Gasteiger partial charge in [0.05, 0.1) is 13.0 Å². The molecule has 0 aliphatic heterocycles. The maximum absolute atomic E-state index is 12.1. The Balaban J connectivity index is 1.97. The molecule has 3 rings (SSSR count). The van der Waals surface area contributed by atoms with E-state index in [9.17, 15) is 4.79 Å². The molecule has 1 aliphatic carbocycles. The van der Waals surface area contributed by atoms with Crippen LogP contribution in [0.5, 0.6) is 0 Å². The van der Waals surface area contributed by atoms with Crippen molar-refractivity contribution in [1.82, 2.24) is 4.98 Å². The number of hydrogen-bond acceptors (Lipinski definition) is 3. The fourth-order valence-corrected chi connectivity index (χ4v) is 2.91. The van der Waals surface area contributed by atoms with Gasteiger partial charge in [-0.2, -0.15) is 0 Å². The minimum Gasteiger partial charge on any atom is -0.469 e. The molecule has 0 saturated heterocycles. The first-order valence-corrected chi connectivity index (χ1v) is 7.03. The van der Waals surface area contributed by atoms with Gasteiger partial charge in [-0.25, -0.2) is 0 Å². The third-order valence-electron chi connectivity index (χ3n) is 3.97. The van der Waals surface area contributed by atoms with Gasteiger partial charge in [-0.15, -0.1) is 0 Å². The van der Waals surface area contributed by atoms with Crippen LogP contribution in [0.2, 0.25) is 0 Å². The van der Waals surface area contributed by atoms with Gasteiger partial charge in [-0.3, -0.25) is 9.78 Å². The molecule has 2 aromatic rings. The Bertz CT molecular complexity index is 649. The summed E-state index contributed by atoms with van der Waals surface area (Å²) in [6.45, 7) is 0. The Kier molecular flexibility index (Phi) is 3.82. The normalized spacial score (nSPS) is 20.9. The summed E-state index contributed by atoms with van der Waals surface area (Å²) in [4.78, 5) is 16.3. The molecule has 2 atom stereocenters. The first-order chi connectivity index (χ1) is 10.3. The molecule has 3 heteroatoms. The number of benzene rings is 1. The number of methoxy groups -OCH3 is 1. The minimum absolute atomic E-state index is 0.0290. The fraction of sp³-hybridized carbons (Fsp3) is 0.222. The van der Waals surface area contributed by atoms with E-state index in [2.05, 4.69) is 23.2 Å². The van der Waals surface area contributed by atoms with Crippen LogP contribution >= 0.6 is 0 Å². The number of allylic oxidation sites excluding steroid dienone is 2. The smallest absolute Gasteiger partial charge is 0.309 e.